The van der Waals surface area contributed by atoms with Crippen LogP contribution < -0.4 is 5.32 Å². The number of nitrogens with one attached hydrogen (secondary N) is 3. The lowest BCUT2D eigenvalue weighted by molar-refractivity contribution is 0.983. The fraction of sp³-hybridized carbons (Fsp3) is 0.160. The average Bonchev–Trinajstić information content (AvgIpc) is 3.41. The molecule has 0 spiro atoms. The quantitative estimate of drug-likeness (QED) is 0.357. The third kappa shape index (κ3) is 4.05. The minimum atomic E-state index is 0.754. The Morgan fingerprint density at radius 2 is 1.87 bits per heavy atom. The molecule has 0 unspecified atom stereocenters. The highest BCUT2D eigenvalue weighted by molar-refractivity contribution is 5.84. The highest BCUT2D eigenvalue weighted by Gasteiger charge is 2.07. The van der Waals surface area contributed by atoms with E-state index in [4.69, 9.17) is 0 Å². The first kappa shape index (κ1) is 19.1. The predicted molar refractivity (Wildman–Crippen MR) is 125 cm³/mol. The van der Waals surface area contributed by atoms with Crippen molar-refractivity contribution in [3.8, 4) is 22.4 Å². The molecule has 0 aliphatic heterocycles. The van der Waals surface area contributed by atoms with Crippen molar-refractivity contribution < 1.29 is 0 Å². The van der Waals surface area contributed by atoms with Crippen molar-refractivity contribution in [1.82, 2.24) is 25.1 Å². The topological polar surface area (TPSA) is 82.3 Å². The Hall–Kier alpha value is -3.93. The lowest BCUT2D eigenvalue weighted by atomic mass is 10.0. The van der Waals surface area contributed by atoms with E-state index in [1.54, 1.807) is 0 Å². The second kappa shape index (κ2) is 8.07. The first-order chi connectivity index (χ1) is 15.2. The van der Waals surface area contributed by atoms with Gasteiger partial charge in [-0.15, -0.1) is 0 Å². The summed E-state index contributed by atoms with van der Waals surface area (Å²) in [5.41, 5.74) is 7.78. The molecule has 31 heavy (non-hydrogen) atoms. The molecule has 3 aromatic heterocycles. The van der Waals surface area contributed by atoms with Gasteiger partial charge in [0, 0.05) is 41.1 Å². The molecule has 0 radical (unpaired) electrons. The van der Waals surface area contributed by atoms with Crippen LogP contribution in [0.5, 0.6) is 0 Å². The fourth-order valence-corrected chi connectivity index (χ4v) is 3.88. The average molecular weight is 409 g/mol. The van der Waals surface area contributed by atoms with Gasteiger partial charge in [0.25, 0.3) is 0 Å². The molecule has 5 aromatic rings. The second-order valence-electron chi connectivity index (χ2n) is 7.75. The zero-order chi connectivity index (χ0) is 21.2. The van der Waals surface area contributed by atoms with Gasteiger partial charge in [0.05, 0.1) is 11.9 Å². The van der Waals surface area contributed by atoms with Gasteiger partial charge in [-0.2, -0.15) is 5.10 Å². The van der Waals surface area contributed by atoms with Crippen molar-refractivity contribution >= 4 is 16.7 Å². The molecule has 154 valence electrons. The maximum atomic E-state index is 4.64. The van der Waals surface area contributed by atoms with Crippen LogP contribution >= 0.6 is 0 Å². The predicted octanol–water partition coefficient (Wildman–Crippen LogP) is 5.29. The van der Waals surface area contributed by atoms with Crippen LogP contribution in [0.2, 0.25) is 0 Å². The molecule has 3 heterocycles. The van der Waals surface area contributed by atoms with Crippen LogP contribution in [0.15, 0.2) is 67.0 Å². The summed E-state index contributed by atoms with van der Waals surface area (Å²) in [4.78, 5) is 12.5. The van der Waals surface area contributed by atoms with Crippen LogP contribution in [0, 0.1) is 13.8 Å². The summed E-state index contributed by atoms with van der Waals surface area (Å²) in [6.45, 7) is 4.76. The number of hydrogen-bond acceptors (Lipinski definition) is 4. The summed E-state index contributed by atoms with van der Waals surface area (Å²) in [5, 5.41) is 11.8. The summed E-state index contributed by atoms with van der Waals surface area (Å²) in [6.07, 6.45) is 4.73. The highest BCUT2D eigenvalue weighted by atomic mass is 15.1. The van der Waals surface area contributed by atoms with Gasteiger partial charge in [-0.1, -0.05) is 36.4 Å². The molecule has 0 aliphatic carbocycles. The molecule has 3 N–H and O–H groups in total. The number of nitrogens with zero attached hydrogens (tertiary/aromatic N) is 3. The van der Waals surface area contributed by atoms with Gasteiger partial charge < -0.3 is 10.3 Å². The van der Waals surface area contributed by atoms with Crippen LogP contribution in [0.25, 0.3) is 33.3 Å². The van der Waals surface area contributed by atoms with E-state index >= 15 is 0 Å². The van der Waals surface area contributed by atoms with E-state index < -0.39 is 0 Å². The zero-order valence-electron chi connectivity index (χ0n) is 17.6. The van der Waals surface area contributed by atoms with E-state index in [0.717, 1.165) is 52.6 Å². The van der Waals surface area contributed by atoms with Crippen LogP contribution in [0.4, 0.5) is 5.82 Å². The zero-order valence-corrected chi connectivity index (χ0v) is 17.6. The Morgan fingerprint density at radius 1 is 0.935 bits per heavy atom. The monoisotopic (exact) mass is 408 g/mol. The van der Waals surface area contributed by atoms with Gasteiger partial charge in [-0.25, -0.2) is 9.97 Å². The lowest BCUT2D eigenvalue weighted by Crippen LogP contribution is -2.08. The first-order valence-electron chi connectivity index (χ1n) is 10.4. The number of aromatic nitrogens is 5. The lowest BCUT2D eigenvalue weighted by Gasteiger charge is -2.10. The number of benzene rings is 2. The normalized spacial score (nSPS) is 11.2. The molecule has 0 amide bonds. The summed E-state index contributed by atoms with van der Waals surface area (Å²) >= 11 is 0. The molecule has 0 aliphatic rings. The standard InChI is InChI=1S/C25H24N6/c1-16-22(15-28-31-16)20-5-3-4-18(12-20)8-10-27-25-14-24(29-17(2)30-25)21-7-6-19-9-11-26-23(19)13-21/h3-7,9,11-15,26H,8,10H2,1-2H3,(H,28,31)(H,27,29,30). The fourth-order valence-electron chi connectivity index (χ4n) is 3.88. The van der Waals surface area contributed by atoms with Gasteiger partial charge in [-0.05, 0) is 48.9 Å². The number of fused-ring (bicyclic) bond motifs is 1. The van der Waals surface area contributed by atoms with Crippen molar-refractivity contribution in [2.75, 3.05) is 11.9 Å². The van der Waals surface area contributed by atoms with Crippen LogP contribution in [0.3, 0.4) is 0 Å². The molecular formula is C25H24N6. The van der Waals surface area contributed by atoms with Crippen molar-refractivity contribution in [3.63, 3.8) is 0 Å². The number of hydrogen-bond donors (Lipinski definition) is 3. The van der Waals surface area contributed by atoms with Gasteiger partial charge in [0.1, 0.15) is 11.6 Å². The minimum Gasteiger partial charge on any atom is -0.370 e. The number of H-pyrrole nitrogens is 2. The molecule has 2 aromatic carbocycles. The number of rotatable bonds is 6. The maximum absolute atomic E-state index is 4.64. The summed E-state index contributed by atoms with van der Waals surface area (Å²) in [6, 6.07) is 19.0. The van der Waals surface area contributed by atoms with Gasteiger partial charge >= 0.3 is 0 Å². The van der Waals surface area contributed by atoms with E-state index in [1.165, 1.54) is 16.5 Å². The van der Waals surface area contributed by atoms with Gasteiger partial charge in [0.15, 0.2) is 0 Å². The Labute approximate surface area is 180 Å². The first-order valence-corrected chi connectivity index (χ1v) is 10.4. The highest BCUT2D eigenvalue weighted by Crippen LogP contribution is 2.25. The summed E-state index contributed by atoms with van der Waals surface area (Å²) < 4.78 is 0. The van der Waals surface area contributed by atoms with E-state index in [2.05, 4.69) is 79.0 Å². The molecule has 6 heteroatoms. The largest absolute Gasteiger partial charge is 0.370 e. The SMILES string of the molecule is Cc1nc(NCCc2cccc(-c3cn[nH]c3C)c2)cc(-c2ccc3cc[nH]c3c2)n1. The molecule has 0 fully saturated rings. The molecule has 6 nitrogen and oxygen atoms in total. The van der Waals surface area contributed by atoms with Crippen molar-refractivity contribution in [2.24, 2.45) is 0 Å². The molecule has 0 bridgehead atoms. The van der Waals surface area contributed by atoms with Crippen LogP contribution in [-0.2, 0) is 6.42 Å². The van der Waals surface area contributed by atoms with Crippen molar-refractivity contribution in [2.45, 2.75) is 20.3 Å². The molecule has 0 saturated carbocycles. The molecular weight excluding hydrogens is 384 g/mol. The summed E-state index contributed by atoms with van der Waals surface area (Å²) in [5.74, 6) is 1.60. The number of aromatic amines is 2. The van der Waals surface area contributed by atoms with E-state index in [1.807, 2.05) is 32.3 Å². The third-order valence-electron chi connectivity index (χ3n) is 5.48. The van der Waals surface area contributed by atoms with Crippen LogP contribution in [-0.4, -0.2) is 31.7 Å². The van der Waals surface area contributed by atoms with Crippen LogP contribution in [0.1, 0.15) is 17.1 Å². The molecule has 0 saturated heterocycles. The maximum Gasteiger partial charge on any atom is 0.130 e. The molecule has 0 atom stereocenters. The Balaban J connectivity index is 1.30. The number of aryl methyl sites for hydroxylation is 2. The Morgan fingerprint density at radius 3 is 2.74 bits per heavy atom. The number of anilines is 1. The van der Waals surface area contributed by atoms with E-state index in [9.17, 15) is 0 Å². The smallest absolute Gasteiger partial charge is 0.130 e. The second-order valence-corrected chi connectivity index (χ2v) is 7.75. The van der Waals surface area contributed by atoms with Crippen molar-refractivity contribution in [3.05, 3.63) is 84.1 Å². The molecule has 5 rings (SSSR count). The van der Waals surface area contributed by atoms with E-state index in [-0.39, 0.29) is 0 Å². The Bertz CT molecular complexity index is 1350. The van der Waals surface area contributed by atoms with E-state index in [0.29, 0.717) is 0 Å². The Kier molecular flexibility index (Phi) is 4.96. The third-order valence-corrected chi connectivity index (χ3v) is 5.48. The van der Waals surface area contributed by atoms with Gasteiger partial charge in [-0.3, -0.25) is 5.10 Å². The van der Waals surface area contributed by atoms with Gasteiger partial charge in [0.2, 0.25) is 0 Å². The van der Waals surface area contributed by atoms with Crippen molar-refractivity contribution in [1.29, 1.82) is 0 Å². The summed E-state index contributed by atoms with van der Waals surface area (Å²) in [7, 11) is 0. The minimum absolute atomic E-state index is 0.754.